The lowest BCUT2D eigenvalue weighted by atomic mass is 9.88. The number of hydrogen-bond donors (Lipinski definition) is 2. The summed E-state index contributed by atoms with van der Waals surface area (Å²) >= 11 is 0. The number of aromatic amines is 1. The van der Waals surface area contributed by atoms with Crippen LogP contribution in [0.25, 0.3) is 28.2 Å². The highest BCUT2D eigenvalue weighted by Gasteiger charge is 2.27. The highest BCUT2D eigenvalue weighted by Crippen LogP contribution is 2.30. The van der Waals surface area contributed by atoms with E-state index in [0.717, 1.165) is 76.6 Å². The van der Waals surface area contributed by atoms with Crippen molar-refractivity contribution >= 4 is 34.7 Å². The van der Waals surface area contributed by atoms with Gasteiger partial charge in [-0.15, -0.1) is 0 Å². The minimum Gasteiger partial charge on any atom is -0.478 e. The topological polar surface area (TPSA) is 86.3 Å². The molecule has 0 radical (unpaired) electrons. The van der Waals surface area contributed by atoms with E-state index in [2.05, 4.69) is 46.4 Å². The van der Waals surface area contributed by atoms with Crippen LogP contribution < -0.4 is 4.90 Å². The van der Waals surface area contributed by atoms with Crippen molar-refractivity contribution in [1.29, 1.82) is 0 Å². The predicted molar refractivity (Wildman–Crippen MR) is 147 cm³/mol. The smallest absolute Gasteiger partial charge is 0.328 e. The third-order valence-electron chi connectivity index (χ3n) is 7.05. The molecule has 1 fully saturated rings. The Labute approximate surface area is 216 Å². The van der Waals surface area contributed by atoms with Crippen LogP contribution in [0.4, 0.5) is 5.69 Å². The van der Waals surface area contributed by atoms with Gasteiger partial charge in [-0.05, 0) is 72.4 Å². The molecule has 5 rings (SSSR count). The first-order chi connectivity index (χ1) is 18.0. The molecule has 6 heteroatoms. The van der Waals surface area contributed by atoms with Gasteiger partial charge >= 0.3 is 5.97 Å². The van der Waals surface area contributed by atoms with Gasteiger partial charge in [0.25, 0.3) is 0 Å². The van der Waals surface area contributed by atoms with E-state index >= 15 is 0 Å². The maximum Gasteiger partial charge on any atom is 0.328 e. The fourth-order valence-electron chi connectivity index (χ4n) is 5.13. The number of aryl methyl sites for hydroxylation is 1. The summed E-state index contributed by atoms with van der Waals surface area (Å²) in [6.07, 6.45) is 7.87. The molecule has 1 saturated carbocycles. The lowest BCUT2D eigenvalue weighted by Crippen LogP contribution is -2.36. The third kappa shape index (κ3) is 5.80. The van der Waals surface area contributed by atoms with E-state index < -0.39 is 5.97 Å². The number of amides is 1. The van der Waals surface area contributed by atoms with Crippen LogP contribution >= 0.6 is 0 Å². The number of H-pyrrole nitrogens is 1. The largest absolute Gasteiger partial charge is 0.478 e. The van der Waals surface area contributed by atoms with E-state index in [-0.39, 0.29) is 11.8 Å². The van der Waals surface area contributed by atoms with Crippen molar-refractivity contribution in [3.8, 4) is 11.1 Å². The normalized spacial score (nSPS) is 14.3. The van der Waals surface area contributed by atoms with Crippen LogP contribution in [0, 0.1) is 12.8 Å². The van der Waals surface area contributed by atoms with Crippen LogP contribution in [0.15, 0.2) is 72.8 Å². The van der Waals surface area contributed by atoms with E-state index in [4.69, 9.17) is 5.11 Å². The fourth-order valence-corrected chi connectivity index (χ4v) is 5.13. The molecule has 1 amide bonds. The zero-order valence-electron chi connectivity index (χ0n) is 21.0. The SMILES string of the molecule is Cc1nc2ccc(-c3ccc(CN(C(=O)C4CCCCC4)c4cccc(/C=C/C(=O)O)c4)cc3)cc2[nH]1. The summed E-state index contributed by atoms with van der Waals surface area (Å²) in [7, 11) is 0. The molecular weight excluding hydrogens is 462 g/mol. The fraction of sp³-hybridized carbons (Fsp3) is 0.258. The van der Waals surface area contributed by atoms with Crippen molar-refractivity contribution in [2.45, 2.75) is 45.6 Å². The highest BCUT2D eigenvalue weighted by molar-refractivity contribution is 5.95. The summed E-state index contributed by atoms with van der Waals surface area (Å²) in [5, 5.41) is 9.01. The Morgan fingerprint density at radius 1 is 1.00 bits per heavy atom. The van der Waals surface area contributed by atoms with Gasteiger partial charge in [-0.1, -0.05) is 61.7 Å². The van der Waals surface area contributed by atoms with Gasteiger partial charge in [0.05, 0.1) is 17.6 Å². The second kappa shape index (κ2) is 10.8. The molecule has 0 bridgehead atoms. The number of benzene rings is 3. The Morgan fingerprint density at radius 3 is 2.51 bits per heavy atom. The summed E-state index contributed by atoms with van der Waals surface area (Å²) < 4.78 is 0. The zero-order chi connectivity index (χ0) is 25.8. The van der Waals surface area contributed by atoms with Crippen LogP contribution in [-0.2, 0) is 16.1 Å². The van der Waals surface area contributed by atoms with E-state index in [0.29, 0.717) is 6.54 Å². The van der Waals surface area contributed by atoms with E-state index in [9.17, 15) is 9.59 Å². The summed E-state index contributed by atoms with van der Waals surface area (Å²) in [5.74, 6) is 0.0641. The number of fused-ring (bicyclic) bond motifs is 1. The van der Waals surface area contributed by atoms with Crippen LogP contribution in [0.1, 0.15) is 49.1 Å². The lowest BCUT2D eigenvalue weighted by molar-refractivity contribution is -0.131. The number of carboxylic acids is 1. The first-order valence-electron chi connectivity index (χ1n) is 12.8. The van der Waals surface area contributed by atoms with Crippen molar-refractivity contribution in [1.82, 2.24) is 9.97 Å². The molecular formula is C31H31N3O3. The molecule has 6 nitrogen and oxygen atoms in total. The number of carbonyl (C=O) groups is 2. The van der Waals surface area contributed by atoms with Gasteiger partial charge in [-0.25, -0.2) is 9.78 Å². The molecule has 3 aromatic carbocycles. The van der Waals surface area contributed by atoms with Gasteiger partial charge in [0.2, 0.25) is 5.91 Å². The highest BCUT2D eigenvalue weighted by atomic mass is 16.4. The maximum atomic E-state index is 13.7. The quantitative estimate of drug-likeness (QED) is 0.279. The zero-order valence-corrected chi connectivity index (χ0v) is 21.0. The number of carboxylic acid groups (broad SMARTS) is 1. The Bertz CT molecular complexity index is 1450. The maximum absolute atomic E-state index is 13.7. The Morgan fingerprint density at radius 2 is 1.76 bits per heavy atom. The van der Waals surface area contributed by atoms with Gasteiger partial charge in [-0.2, -0.15) is 0 Å². The molecule has 2 N–H and O–H groups in total. The summed E-state index contributed by atoms with van der Waals surface area (Å²) in [6.45, 7) is 2.41. The minimum absolute atomic E-state index is 0.0239. The average Bonchev–Trinajstić information content (AvgIpc) is 3.30. The standard InChI is InChI=1S/C31H31N3O3/c1-21-32-28-16-15-26(19-29(28)33-21)24-13-10-23(11-14-24)20-34(31(37)25-7-3-2-4-8-25)27-9-5-6-22(18-27)12-17-30(35)36/h5-6,9-19,25H,2-4,7-8,20H2,1H3,(H,32,33)(H,35,36)/b17-12+. The first-order valence-corrected chi connectivity index (χ1v) is 12.8. The Hall–Kier alpha value is -4.19. The Balaban J connectivity index is 1.42. The van der Waals surface area contributed by atoms with Crippen LogP contribution in [-0.4, -0.2) is 27.0 Å². The molecule has 0 atom stereocenters. The molecule has 0 aliphatic heterocycles. The minimum atomic E-state index is -0.998. The number of nitrogens with zero attached hydrogens (tertiary/aromatic N) is 2. The number of anilines is 1. The van der Waals surface area contributed by atoms with Crippen molar-refractivity contribution < 1.29 is 14.7 Å². The van der Waals surface area contributed by atoms with E-state index in [1.54, 1.807) is 6.08 Å². The lowest BCUT2D eigenvalue weighted by Gasteiger charge is -2.30. The number of rotatable bonds is 7. The molecule has 1 aliphatic rings. The molecule has 0 unspecified atom stereocenters. The van der Waals surface area contributed by atoms with Crippen LogP contribution in [0.5, 0.6) is 0 Å². The molecule has 1 aromatic heterocycles. The molecule has 4 aromatic rings. The number of imidazole rings is 1. The number of hydrogen-bond acceptors (Lipinski definition) is 3. The molecule has 37 heavy (non-hydrogen) atoms. The van der Waals surface area contributed by atoms with Gasteiger partial charge in [0.15, 0.2) is 0 Å². The second-order valence-electron chi connectivity index (χ2n) is 9.78. The van der Waals surface area contributed by atoms with E-state index in [1.165, 1.54) is 6.42 Å². The van der Waals surface area contributed by atoms with E-state index in [1.807, 2.05) is 42.2 Å². The summed E-state index contributed by atoms with van der Waals surface area (Å²) in [6, 6.07) is 22.1. The third-order valence-corrected chi connectivity index (χ3v) is 7.05. The van der Waals surface area contributed by atoms with Gasteiger partial charge in [0.1, 0.15) is 5.82 Å². The molecule has 0 spiro atoms. The first kappa shape index (κ1) is 24.5. The van der Waals surface area contributed by atoms with Crippen molar-refractivity contribution in [2.75, 3.05) is 4.90 Å². The summed E-state index contributed by atoms with van der Waals surface area (Å²) in [4.78, 5) is 34.3. The number of carbonyl (C=O) groups excluding carboxylic acids is 1. The summed E-state index contributed by atoms with van der Waals surface area (Å²) in [5.41, 5.74) is 6.75. The van der Waals surface area contributed by atoms with Crippen molar-refractivity contribution in [3.63, 3.8) is 0 Å². The molecule has 0 saturated heterocycles. The Kier molecular flexibility index (Phi) is 7.17. The molecule has 1 aliphatic carbocycles. The number of aliphatic carboxylic acids is 1. The van der Waals surface area contributed by atoms with Crippen molar-refractivity contribution in [2.24, 2.45) is 5.92 Å². The van der Waals surface area contributed by atoms with Crippen LogP contribution in [0.2, 0.25) is 0 Å². The van der Waals surface area contributed by atoms with Gasteiger partial charge in [0, 0.05) is 17.7 Å². The van der Waals surface area contributed by atoms with Crippen molar-refractivity contribution in [3.05, 3.63) is 89.8 Å². The average molecular weight is 494 g/mol. The van der Waals surface area contributed by atoms with Gasteiger partial charge < -0.3 is 15.0 Å². The van der Waals surface area contributed by atoms with Gasteiger partial charge in [-0.3, -0.25) is 4.79 Å². The molecule has 188 valence electrons. The monoisotopic (exact) mass is 493 g/mol. The number of aromatic nitrogens is 2. The molecule has 1 heterocycles. The number of nitrogens with one attached hydrogen (secondary N) is 1. The second-order valence-corrected chi connectivity index (χ2v) is 9.78. The predicted octanol–water partition coefficient (Wildman–Crippen LogP) is 6.75. The van der Waals surface area contributed by atoms with Crippen LogP contribution in [0.3, 0.4) is 0 Å².